The van der Waals surface area contributed by atoms with Gasteiger partial charge in [0.15, 0.2) is 11.6 Å². The Bertz CT molecular complexity index is 1860. The molecule has 10 nitrogen and oxygen atoms in total. The van der Waals surface area contributed by atoms with Crippen molar-refractivity contribution in [2.24, 2.45) is 7.05 Å². The van der Waals surface area contributed by atoms with Gasteiger partial charge < -0.3 is 19.1 Å². The van der Waals surface area contributed by atoms with E-state index in [1.807, 2.05) is 9.80 Å². The van der Waals surface area contributed by atoms with E-state index in [1.54, 1.807) is 32.5 Å². The molecule has 0 N–H and O–H groups in total. The van der Waals surface area contributed by atoms with Crippen molar-refractivity contribution in [1.29, 1.82) is 0 Å². The van der Waals surface area contributed by atoms with Gasteiger partial charge in [-0.1, -0.05) is 6.07 Å². The van der Waals surface area contributed by atoms with E-state index in [9.17, 15) is 13.6 Å². The maximum Gasteiger partial charge on any atom is 0.288 e. The van der Waals surface area contributed by atoms with Gasteiger partial charge in [-0.2, -0.15) is 8.78 Å². The van der Waals surface area contributed by atoms with Crippen molar-refractivity contribution in [1.82, 2.24) is 29.5 Å². The number of rotatable bonds is 8. The molecule has 0 unspecified atom stereocenters. The van der Waals surface area contributed by atoms with E-state index < -0.39 is 23.0 Å². The number of aryl methyl sites for hydroxylation is 1. The van der Waals surface area contributed by atoms with Gasteiger partial charge >= 0.3 is 0 Å². The second-order valence-corrected chi connectivity index (χ2v) is 12.6. The highest BCUT2D eigenvalue weighted by Gasteiger charge is 2.62. The number of nitrogens with zero attached hydrogens (tertiary/aromatic N) is 8. The molecule has 1 aromatic carbocycles. The number of alkyl halides is 2. The van der Waals surface area contributed by atoms with Gasteiger partial charge in [0.25, 0.3) is 11.8 Å². The molecule has 0 bridgehead atoms. The van der Waals surface area contributed by atoms with Gasteiger partial charge in [-0.3, -0.25) is 4.79 Å². The molecule has 1 amide bonds. The second kappa shape index (κ2) is 9.72. The summed E-state index contributed by atoms with van der Waals surface area (Å²) in [5.41, 5.74) is 1.63. The molecule has 3 aromatic heterocycles. The lowest BCUT2D eigenvalue weighted by Crippen LogP contribution is -2.56. The number of amides is 1. The van der Waals surface area contributed by atoms with Crippen LogP contribution in [0.1, 0.15) is 68.3 Å². The summed E-state index contributed by atoms with van der Waals surface area (Å²) in [5.74, 6) is -1.93. The lowest BCUT2D eigenvalue weighted by molar-refractivity contribution is -0.121. The summed E-state index contributed by atoms with van der Waals surface area (Å²) in [4.78, 5) is 40.6. The van der Waals surface area contributed by atoms with Crippen LogP contribution >= 0.6 is 0 Å². The van der Waals surface area contributed by atoms with Crippen molar-refractivity contribution in [3.8, 4) is 28.7 Å². The maximum atomic E-state index is 15.6. The van der Waals surface area contributed by atoms with Crippen molar-refractivity contribution < 1.29 is 22.7 Å². The minimum atomic E-state index is -3.15. The highest BCUT2D eigenvalue weighted by Crippen LogP contribution is 2.55. The van der Waals surface area contributed by atoms with Crippen LogP contribution in [-0.2, 0) is 24.3 Å². The Hall–Kier alpha value is -4.55. The lowest BCUT2D eigenvalue weighted by atomic mass is 10.0. The van der Waals surface area contributed by atoms with Gasteiger partial charge in [-0.05, 0) is 56.2 Å². The largest absolute Gasteiger partial charge is 0.480 e. The third-order valence-corrected chi connectivity index (χ3v) is 9.20. The molecule has 4 aromatic rings. The number of fused-ring (bicyclic) bond motifs is 1. The van der Waals surface area contributed by atoms with E-state index in [2.05, 4.69) is 15.0 Å². The Kier molecular flexibility index (Phi) is 6.04. The molecule has 232 valence electrons. The van der Waals surface area contributed by atoms with Crippen LogP contribution in [0, 0.1) is 5.82 Å². The van der Waals surface area contributed by atoms with Crippen LogP contribution in [-0.4, -0.2) is 54.1 Å². The lowest BCUT2D eigenvalue weighted by Gasteiger charge is -2.43. The van der Waals surface area contributed by atoms with Gasteiger partial charge in [0.05, 0.1) is 24.6 Å². The van der Waals surface area contributed by atoms with Gasteiger partial charge in [-0.15, -0.1) is 0 Å². The van der Waals surface area contributed by atoms with Crippen LogP contribution in [0.5, 0.6) is 5.88 Å². The molecule has 0 atom stereocenters. The average Bonchev–Trinajstić information content (AvgIpc) is 3.88. The Labute approximate surface area is 257 Å². The molecule has 0 radical (unpaired) electrons. The van der Waals surface area contributed by atoms with Crippen LogP contribution in [0.25, 0.3) is 22.8 Å². The maximum absolute atomic E-state index is 15.6. The minimum Gasteiger partial charge on any atom is -0.480 e. The molecule has 8 rings (SSSR count). The van der Waals surface area contributed by atoms with Crippen molar-refractivity contribution in [2.45, 2.75) is 75.4 Å². The highest BCUT2D eigenvalue weighted by molar-refractivity contribution is 6.10. The molecular formula is C32H31F3N8O2. The predicted molar refractivity (Wildman–Crippen MR) is 158 cm³/mol. The molecule has 0 saturated heterocycles. The molecule has 3 fully saturated rings. The number of imidazole rings is 1. The molecule has 4 aliphatic rings. The quantitative estimate of drug-likeness (QED) is 0.255. The van der Waals surface area contributed by atoms with Gasteiger partial charge in [0.2, 0.25) is 5.88 Å². The van der Waals surface area contributed by atoms with Crippen LogP contribution < -0.4 is 14.5 Å². The molecule has 3 saturated carbocycles. The van der Waals surface area contributed by atoms with E-state index >= 15 is 4.39 Å². The smallest absolute Gasteiger partial charge is 0.288 e. The number of carbonyl (C=O) groups excluding carboxylic acids is 1. The molecule has 3 aliphatic carbocycles. The van der Waals surface area contributed by atoms with Gasteiger partial charge in [-0.25, -0.2) is 29.3 Å². The summed E-state index contributed by atoms with van der Waals surface area (Å²) in [5, 5.41) is 0. The number of halogens is 3. The zero-order valence-corrected chi connectivity index (χ0v) is 25.1. The number of carbonyl (C=O) groups is 1. The molecule has 45 heavy (non-hydrogen) atoms. The monoisotopic (exact) mass is 616 g/mol. The number of aromatic nitrogens is 6. The van der Waals surface area contributed by atoms with E-state index in [0.717, 1.165) is 38.3 Å². The number of methoxy groups -OCH3 is 1. The van der Waals surface area contributed by atoms with Crippen LogP contribution in [0.4, 0.5) is 24.7 Å². The molecule has 4 heterocycles. The average molecular weight is 617 g/mol. The summed E-state index contributed by atoms with van der Waals surface area (Å²) in [7, 11) is 3.11. The molecule has 1 aliphatic heterocycles. The Morgan fingerprint density at radius 3 is 2.49 bits per heavy atom. The number of ether oxygens (including phenoxy) is 1. The van der Waals surface area contributed by atoms with Crippen LogP contribution in [0.2, 0.25) is 0 Å². The first kappa shape index (κ1) is 28.0. The Morgan fingerprint density at radius 2 is 1.87 bits per heavy atom. The number of benzene rings is 1. The minimum absolute atomic E-state index is 0.0197. The number of anilines is 2. The fourth-order valence-corrected chi connectivity index (χ4v) is 6.39. The highest BCUT2D eigenvalue weighted by atomic mass is 19.3. The Morgan fingerprint density at radius 1 is 1.09 bits per heavy atom. The summed E-state index contributed by atoms with van der Waals surface area (Å²) in [6.45, 7) is 0.971. The van der Waals surface area contributed by atoms with E-state index in [4.69, 9.17) is 14.7 Å². The van der Waals surface area contributed by atoms with Gasteiger partial charge in [0, 0.05) is 38.7 Å². The van der Waals surface area contributed by atoms with Crippen LogP contribution in [0.3, 0.4) is 0 Å². The summed E-state index contributed by atoms with van der Waals surface area (Å²) < 4.78 is 50.5. The predicted octanol–water partition coefficient (Wildman–Crippen LogP) is 5.52. The fraction of sp³-hybridized carbons (Fsp3) is 0.438. The fourth-order valence-electron chi connectivity index (χ4n) is 6.39. The number of hydrogen-bond donors (Lipinski definition) is 0. The van der Waals surface area contributed by atoms with Crippen LogP contribution in [0.15, 0.2) is 36.9 Å². The summed E-state index contributed by atoms with van der Waals surface area (Å²) in [6.07, 6.45) is 9.57. The van der Waals surface area contributed by atoms with Crippen molar-refractivity contribution in [2.75, 3.05) is 16.9 Å². The molecular weight excluding hydrogens is 585 g/mol. The van der Waals surface area contributed by atoms with Crippen molar-refractivity contribution in [3.63, 3.8) is 0 Å². The first-order valence-corrected chi connectivity index (χ1v) is 15.2. The number of hydrogen-bond acceptors (Lipinski definition) is 8. The topological polar surface area (TPSA) is 102 Å². The third kappa shape index (κ3) is 4.54. The van der Waals surface area contributed by atoms with E-state index in [1.165, 1.54) is 23.2 Å². The first-order chi connectivity index (χ1) is 21.6. The molecule has 1 spiro atoms. The zero-order chi connectivity index (χ0) is 31.2. The SMILES string of the molecule is COc1ncnc(C2CC2)c1-c1ncc2c(n1)N(Cc1ccc(-c3nc(C(C)(F)F)cn3C)c(F)c1)C1(CC1)C(=O)N2C1CC1. The van der Waals surface area contributed by atoms with Crippen molar-refractivity contribution in [3.05, 3.63) is 59.7 Å². The van der Waals surface area contributed by atoms with Crippen molar-refractivity contribution >= 4 is 17.4 Å². The Balaban J connectivity index is 1.21. The normalized spacial score (nSPS) is 18.8. The standard InChI is InChI=1S/C32H31F3N8O2/c1-31(34,35)23-15-41(2)27(39-23)20-9-4-17(12-21(20)33)14-42-28-22(43(19-7-8-19)30(44)32(42)10-11-32)13-36-26(40-28)24-25(18-5-6-18)37-16-38-29(24)45-3/h4,9,12-13,15-16,18-19H,5-8,10-11,14H2,1-3H3. The first-order valence-electron chi connectivity index (χ1n) is 15.2. The van der Waals surface area contributed by atoms with Gasteiger partial charge in [0.1, 0.15) is 40.5 Å². The molecule has 13 heteroatoms. The summed E-state index contributed by atoms with van der Waals surface area (Å²) >= 11 is 0. The third-order valence-electron chi connectivity index (χ3n) is 9.20. The summed E-state index contributed by atoms with van der Waals surface area (Å²) in [6, 6.07) is 4.78. The second-order valence-electron chi connectivity index (χ2n) is 12.6. The van der Waals surface area contributed by atoms with E-state index in [0.29, 0.717) is 47.2 Å². The van der Waals surface area contributed by atoms with E-state index in [-0.39, 0.29) is 35.8 Å². The zero-order valence-electron chi connectivity index (χ0n) is 25.1.